The molecule has 1 atom stereocenters. The molecule has 1 aliphatic carbocycles. The number of hydrogen-bond acceptors (Lipinski definition) is 1. The lowest BCUT2D eigenvalue weighted by molar-refractivity contribution is 0.372. The van der Waals surface area contributed by atoms with Gasteiger partial charge in [0.2, 0.25) is 0 Å². The minimum absolute atomic E-state index is 0.379. The van der Waals surface area contributed by atoms with Crippen LogP contribution in [0.4, 0.5) is 0 Å². The van der Waals surface area contributed by atoms with Gasteiger partial charge in [-0.1, -0.05) is 87.2 Å². The number of hydrogen-bond donors (Lipinski definition) is 0. The molecule has 1 aromatic rings. The molecule has 0 spiro atoms. The molecular weight excluding hydrogens is 272 g/mol. The summed E-state index contributed by atoms with van der Waals surface area (Å²) in [5, 5.41) is 0. The van der Waals surface area contributed by atoms with E-state index in [0.29, 0.717) is 5.41 Å². The third kappa shape index (κ3) is 5.39. The smallest absolute Gasteiger partial charge is 0.0124 e. The van der Waals surface area contributed by atoms with Crippen molar-refractivity contribution in [1.82, 2.24) is 0 Å². The van der Waals surface area contributed by atoms with Crippen molar-refractivity contribution < 1.29 is 0 Å². The quantitative estimate of drug-likeness (QED) is 0.493. The van der Waals surface area contributed by atoms with E-state index in [-0.39, 0.29) is 0 Å². The lowest BCUT2D eigenvalue weighted by Gasteiger charge is -2.28. The lowest BCUT2D eigenvalue weighted by Crippen LogP contribution is -2.14. The molecule has 0 fully saturated rings. The Morgan fingerprint density at radius 3 is 2.71 bits per heavy atom. The zero-order chi connectivity index (χ0) is 15.1. The highest BCUT2D eigenvalue weighted by atomic mass is 32.2. The Bertz CT molecular complexity index is 512. The third-order valence-corrected chi connectivity index (χ3v) is 5.27. The Hall–Kier alpha value is -0.950. The maximum Gasteiger partial charge on any atom is 0.0124 e. The van der Waals surface area contributed by atoms with Crippen molar-refractivity contribution >= 4 is 11.8 Å². The van der Waals surface area contributed by atoms with Crippen LogP contribution in [0.25, 0.3) is 0 Å². The van der Waals surface area contributed by atoms with E-state index in [1.165, 1.54) is 53.9 Å². The van der Waals surface area contributed by atoms with Crippen LogP contribution in [0.15, 0.2) is 52.3 Å². The number of thioether (sulfide) groups is 1. The van der Waals surface area contributed by atoms with Gasteiger partial charge in [0.15, 0.2) is 0 Å². The van der Waals surface area contributed by atoms with Crippen molar-refractivity contribution in [1.29, 1.82) is 0 Å². The number of unbranched alkanes of at least 4 members (excludes halogenated alkanes) is 3. The molecule has 1 heteroatoms. The molecule has 0 amide bonds. The fourth-order valence-electron chi connectivity index (χ4n) is 2.78. The molecule has 0 N–H and O–H groups in total. The minimum atomic E-state index is 0.379. The van der Waals surface area contributed by atoms with Crippen molar-refractivity contribution in [2.45, 2.75) is 64.2 Å². The van der Waals surface area contributed by atoms with Crippen LogP contribution in [0.5, 0.6) is 0 Å². The minimum Gasteiger partial charge on any atom is -0.0904 e. The summed E-state index contributed by atoms with van der Waals surface area (Å²) in [4.78, 5) is 2.74. The summed E-state index contributed by atoms with van der Waals surface area (Å²) in [6.07, 6.45) is 15.2. The molecule has 0 saturated carbocycles. The summed E-state index contributed by atoms with van der Waals surface area (Å²) in [5.41, 5.74) is 1.71. The van der Waals surface area contributed by atoms with Crippen LogP contribution in [-0.2, 0) is 0 Å². The van der Waals surface area contributed by atoms with E-state index in [9.17, 15) is 0 Å². The van der Waals surface area contributed by atoms with Gasteiger partial charge in [-0.25, -0.2) is 0 Å². The second-order valence-electron chi connectivity index (χ2n) is 6.53. The highest BCUT2D eigenvalue weighted by Gasteiger charge is 2.22. The molecule has 114 valence electrons. The van der Waals surface area contributed by atoms with Gasteiger partial charge in [-0.2, -0.15) is 0 Å². The molecule has 0 aromatic heterocycles. The van der Waals surface area contributed by atoms with Gasteiger partial charge in [0, 0.05) is 9.80 Å². The molecular formula is C20H28S. The summed E-state index contributed by atoms with van der Waals surface area (Å²) >= 11 is 1.89. The standard InChI is InChI=1S/C20H28S/c1-4-5-6-7-13-20(3)14-11-18(12-15-20)21-19-10-8-9-17(2)16-19/h8-12,14,16H,4-7,13,15H2,1-3H3. The third-order valence-electron chi connectivity index (χ3n) is 4.25. The van der Waals surface area contributed by atoms with Crippen molar-refractivity contribution in [3.8, 4) is 0 Å². The van der Waals surface area contributed by atoms with Crippen molar-refractivity contribution in [2.75, 3.05) is 0 Å². The maximum absolute atomic E-state index is 2.44. The Morgan fingerprint density at radius 2 is 2.05 bits per heavy atom. The summed E-state index contributed by atoms with van der Waals surface area (Å²) in [7, 11) is 0. The van der Waals surface area contributed by atoms with Gasteiger partial charge >= 0.3 is 0 Å². The fraction of sp³-hybridized carbons (Fsp3) is 0.500. The number of rotatable bonds is 7. The van der Waals surface area contributed by atoms with Crippen LogP contribution in [-0.4, -0.2) is 0 Å². The summed E-state index contributed by atoms with van der Waals surface area (Å²) in [6, 6.07) is 8.76. The molecule has 1 aliphatic rings. The topological polar surface area (TPSA) is 0 Å². The van der Waals surface area contributed by atoms with Crippen LogP contribution in [0, 0.1) is 12.3 Å². The molecule has 1 unspecified atom stereocenters. The number of aryl methyl sites for hydroxylation is 1. The summed E-state index contributed by atoms with van der Waals surface area (Å²) < 4.78 is 0. The number of allylic oxidation sites excluding steroid dienone is 3. The second kappa shape index (κ2) is 7.89. The normalized spacial score (nSPS) is 21.4. The SMILES string of the molecule is CCCCCCC1(C)C=CC(Sc2cccc(C)c2)=CC1. The molecule has 0 heterocycles. The van der Waals surface area contributed by atoms with Crippen LogP contribution < -0.4 is 0 Å². The van der Waals surface area contributed by atoms with Gasteiger partial charge in [0.1, 0.15) is 0 Å². The first-order valence-corrected chi connectivity index (χ1v) is 9.07. The van der Waals surface area contributed by atoms with Crippen LogP contribution in [0.2, 0.25) is 0 Å². The molecule has 0 saturated heterocycles. The molecule has 1 aromatic carbocycles. The molecule has 0 nitrogen and oxygen atoms in total. The maximum atomic E-state index is 2.44. The van der Waals surface area contributed by atoms with Gasteiger partial charge in [-0.05, 0) is 37.3 Å². The van der Waals surface area contributed by atoms with E-state index < -0.39 is 0 Å². The predicted molar refractivity (Wildman–Crippen MR) is 95.7 cm³/mol. The summed E-state index contributed by atoms with van der Waals surface area (Å²) in [6.45, 7) is 6.84. The van der Waals surface area contributed by atoms with Crippen LogP contribution in [0.3, 0.4) is 0 Å². The van der Waals surface area contributed by atoms with Crippen LogP contribution >= 0.6 is 11.8 Å². The Kier molecular flexibility index (Phi) is 6.17. The molecule has 0 bridgehead atoms. The average molecular weight is 301 g/mol. The highest BCUT2D eigenvalue weighted by molar-refractivity contribution is 8.03. The zero-order valence-corrected chi connectivity index (χ0v) is 14.5. The van der Waals surface area contributed by atoms with Crippen molar-refractivity contribution in [3.05, 3.63) is 53.0 Å². The molecule has 21 heavy (non-hydrogen) atoms. The Balaban J connectivity index is 1.86. The largest absolute Gasteiger partial charge is 0.0904 e. The lowest BCUT2D eigenvalue weighted by atomic mass is 9.79. The van der Waals surface area contributed by atoms with Gasteiger partial charge in [0.25, 0.3) is 0 Å². The first-order chi connectivity index (χ1) is 10.1. The Morgan fingerprint density at radius 1 is 1.19 bits per heavy atom. The second-order valence-corrected chi connectivity index (χ2v) is 7.67. The zero-order valence-electron chi connectivity index (χ0n) is 13.7. The van der Waals surface area contributed by atoms with E-state index in [2.05, 4.69) is 63.3 Å². The number of benzene rings is 1. The van der Waals surface area contributed by atoms with E-state index in [1.54, 1.807) is 0 Å². The van der Waals surface area contributed by atoms with E-state index in [1.807, 2.05) is 11.8 Å². The van der Waals surface area contributed by atoms with E-state index >= 15 is 0 Å². The van der Waals surface area contributed by atoms with E-state index in [0.717, 1.165) is 0 Å². The Labute approximate surface area is 134 Å². The summed E-state index contributed by atoms with van der Waals surface area (Å²) in [5.74, 6) is 0. The van der Waals surface area contributed by atoms with Gasteiger partial charge < -0.3 is 0 Å². The fourth-order valence-corrected chi connectivity index (χ4v) is 3.75. The predicted octanol–water partition coefficient (Wildman–Crippen LogP) is 6.91. The van der Waals surface area contributed by atoms with Crippen LogP contribution in [0.1, 0.15) is 57.9 Å². The molecule has 2 rings (SSSR count). The molecule has 0 radical (unpaired) electrons. The monoisotopic (exact) mass is 300 g/mol. The van der Waals surface area contributed by atoms with E-state index in [4.69, 9.17) is 0 Å². The first-order valence-electron chi connectivity index (χ1n) is 8.25. The van der Waals surface area contributed by atoms with Crippen molar-refractivity contribution in [3.63, 3.8) is 0 Å². The highest BCUT2D eigenvalue weighted by Crippen LogP contribution is 2.39. The first kappa shape index (κ1) is 16.4. The molecule has 0 aliphatic heterocycles. The van der Waals surface area contributed by atoms with Crippen molar-refractivity contribution in [2.24, 2.45) is 5.41 Å². The van der Waals surface area contributed by atoms with Gasteiger partial charge in [0.05, 0.1) is 0 Å². The average Bonchev–Trinajstić information content (AvgIpc) is 2.47. The van der Waals surface area contributed by atoms with Gasteiger partial charge in [-0.3, -0.25) is 0 Å². The van der Waals surface area contributed by atoms with Gasteiger partial charge in [-0.15, -0.1) is 0 Å².